The number of rotatable bonds is 7. The number of amides is 1. The number of anilines is 1. The van der Waals surface area contributed by atoms with E-state index in [1.165, 1.54) is 12.1 Å². The van der Waals surface area contributed by atoms with Crippen LogP contribution in [0.4, 0.5) is 10.2 Å². The number of halogens is 1. The van der Waals surface area contributed by atoms with Crippen molar-refractivity contribution in [2.45, 2.75) is 19.9 Å². The summed E-state index contributed by atoms with van der Waals surface area (Å²) in [6.07, 6.45) is 3.60. The predicted octanol–water partition coefficient (Wildman–Crippen LogP) is 4.06. The van der Waals surface area contributed by atoms with Gasteiger partial charge in [-0.25, -0.2) is 9.37 Å². The number of nitrogens with one attached hydrogen (secondary N) is 1. The van der Waals surface area contributed by atoms with Crippen molar-refractivity contribution in [1.29, 1.82) is 0 Å². The Hall–Kier alpha value is -4.27. The summed E-state index contributed by atoms with van der Waals surface area (Å²) in [6.45, 7) is 3.78. The molecule has 33 heavy (non-hydrogen) atoms. The van der Waals surface area contributed by atoms with Crippen molar-refractivity contribution >= 4 is 11.7 Å². The molecule has 0 aliphatic rings. The molecule has 0 saturated heterocycles. The number of benzene rings is 2. The van der Waals surface area contributed by atoms with E-state index in [1.54, 1.807) is 31.6 Å². The quantitative estimate of drug-likeness (QED) is 0.443. The Kier molecular flexibility index (Phi) is 6.03. The number of nitrogens with two attached hydrogens (primary N) is 1. The van der Waals surface area contributed by atoms with Crippen LogP contribution in [-0.4, -0.2) is 32.8 Å². The number of aromatic nitrogens is 4. The van der Waals surface area contributed by atoms with Crippen molar-refractivity contribution < 1.29 is 13.9 Å². The maximum Gasteiger partial charge on any atom is 0.252 e. The molecule has 1 amide bonds. The number of primary amides is 1. The second-order valence-electron chi connectivity index (χ2n) is 7.58. The van der Waals surface area contributed by atoms with Crippen LogP contribution in [-0.2, 0) is 0 Å². The first-order chi connectivity index (χ1) is 15.9. The first kappa shape index (κ1) is 21.9. The molecular weight excluding hydrogens is 423 g/mol. The predicted molar refractivity (Wildman–Crippen MR) is 123 cm³/mol. The number of nitrogens with zero attached hydrogens (tertiary/aromatic N) is 4. The molecule has 168 valence electrons. The van der Waals surface area contributed by atoms with Crippen molar-refractivity contribution in [2.75, 3.05) is 12.4 Å². The molecule has 4 aromatic rings. The van der Waals surface area contributed by atoms with E-state index in [1.807, 2.05) is 42.8 Å². The fraction of sp³-hybridized carbons (Fsp3) is 0.167. The zero-order chi connectivity index (χ0) is 23.5. The summed E-state index contributed by atoms with van der Waals surface area (Å²) in [4.78, 5) is 16.4. The molecule has 0 aliphatic heterocycles. The topological polar surface area (TPSA) is 108 Å². The first-order valence-corrected chi connectivity index (χ1v) is 10.2. The van der Waals surface area contributed by atoms with Crippen molar-refractivity contribution in [3.05, 3.63) is 83.7 Å². The molecule has 2 aromatic carbocycles. The molecular formula is C24H23FN6O2. The zero-order valence-corrected chi connectivity index (χ0v) is 18.4. The largest absolute Gasteiger partial charge is 0.495 e. The Bertz CT molecular complexity index is 1300. The second-order valence-corrected chi connectivity index (χ2v) is 7.58. The van der Waals surface area contributed by atoms with Crippen LogP contribution in [0.25, 0.3) is 16.9 Å². The van der Waals surface area contributed by atoms with Crippen molar-refractivity contribution in [3.63, 3.8) is 0 Å². The lowest BCUT2D eigenvalue weighted by molar-refractivity contribution is 0.100. The normalized spacial score (nSPS) is 11.8. The maximum atomic E-state index is 13.2. The van der Waals surface area contributed by atoms with E-state index in [0.717, 1.165) is 16.9 Å². The Morgan fingerprint density at radius 2 is 1.91 bits per heavy atom. The zero-order valence-electron chi connectivity index (χ0n) is 18.4. The van der Waals surface area contributed by atoms with E-state index in [-0.39, 0.29) is 23.2 Å². The Morgan fingerprint density at radius 1 is 1.15 bits per heavy atom. The van der Waals surface area contributed by atoms with Crippen LogP contribution in [0, 0.1) is 12.7 Å². The Labute approximate surface area is 190 Å². The van der Waals surface area contributed by atoms with Crippen LogP contribution >= 0.6 is 0 Å². The summed E-state index contributed by atoms with van der Waals surface area (Å²) in [6, 6.07) is 13.0. The summed E-state index contributed by atoms with van der Waals surface area (Å²) in [5, 5.41) is 11.6. The maximum absolute atomic E-state index is 13.2. The molecule has 3 N–H and O–H groups in total. The number of hydrogen-bond acceptors (Lipinski definition) is 6. The average molecular weight is 446 g/mol. The van der Waals surface area contributed by atoms with Gasteiger partial charge in [-0.3, -0.25) is 4.79 Å². The average Bonchev–Trinajstić information content (AvgIpc) is 3.25. The van der Waals surface area contributed by atoms with Gasteiger partial charge in [-0.1, -0.05) is 18.2 Å². The van der Waals surface area contributed by atoms with Gasteiger partial charge in [-0.15, -0.1) is 10.2 Å². The van der Waals surface area contributed by atoms with Gasteiger partial charge >= 0.3 is 0 Å². The lowest BCUT2D eigenvalue weighted by Crippen LogP contribution is -2.18. The third kappa shape index (κ3) is 4.67. The van der Waals surface area contributed by atoms with Crippen LogP contribution in [0.2, 0.25) is 0 Å². The molecule has 0 spiro atoms. The van der Waals surface area contributed by atoms with Gasteiger partial charge < -0.3 is 20.4 Å². The summed E-state index contributed by atoms with van der Waals surface area (Å²) in [5.41, 5.74) is 9.52. The molecule has 4 rings (SSSR count). The third-order valence-corrected chi connectivity index (χ3v) is 5.25. The van der Waals surface area contributed by atoms with Gasteiger partial charge in [0.1, 0.15) is 11.6 Å². The van der Waals surface area contributed by atoms with Gasteiger partial charge in [0, 0.05) is 11.8 Å². The lowest BCUT2D eigenvalue weighted by atomic mass is 10.1. The Morgan fingerprint density at radius 3 is 2.55 bits per heavy atom. The fourth-order valence-electron chi connectivity index (χ4n) is 3.47. The number of aryl methyl sites for hydroxylation is 1. The van der Waals surface area contributed by atoms with Gasteiger partial charge in [-0.05, 0) is 49.7 Å². The molecule has 2 aromatic heterocycles. The monoisotopic (exact) mass is 446 g/mol. The van der Waals surface area contributed by atoms with Gasteiger partial charge in [0.2, 0.25) is 0 Å². The van der Waals surface area contributed by atoms with E-state index in [2.05, 4.69) is 20.5 Å². The highest BCUT2D eigenvalue weighted by atomic mass is 19.1. The first-order valence-electron chi connectivity index (χ1n) is 10.2. The van der Waals surface area contributed by atoms with Crippen LogP contribution in [0.15, 0.2) is 61.1 Å². The minimum absolute atomic E-state index is 0.197. The van der Waals surface area contributed by atoms with Gasteiger partial charge in [0.25, 0.3) is 5.91 Å². The summed E-state index contributed by atoms with van der Waals surface area (Å²) in [5.74, 6) is -0.102. The van der Waals surface area contributed by atoms with Crippen LogP contribution < -0.4 is 15.8 Å². The van der Waals surface area contributed by atoms with Gasteiger partial charge in [0.05, 0.1) is 42.1 Å². The number of imidazole rings is 1. The number of methoxy groups -OCH3 is 1. The standard InChI is InChI=1S/C24H23FN6O2/c1-14-12-31(13-27-14)21-9-6-17(10-22(21)33-3)20-11-19(23(26)32)24(30-29-20)28-15(2)16-4-7-18(25)8-5-16/h4-13,15H,1-3H3,(H2,26,32)(H,28,30)/t15-/m0/s1. The van der Waals surface area contributed by atoms with Crippen LogP contribution in [0.1, 0.15) is 34.6 Å². The lowest BCUT2D eigenvalue weighted by Gasteiger charge is -2.17. The molecule has 0 fully saturated rings. The van der Waals surface area contributed by atoms with Crippen molar-refractivity contribution in [2.24, 2.45) is 5.73 Å². The summed E-state index contributed by atoms with van der Waals surface area (Å²) < 4.78 is 20.6. The molecule has 1 atom stereocenters. The van der Waals surface area contributed by atoms with E-state index in [4.69, 9.17) is 10.5 Å². The van der Waals surface area contributed by atoms with E-state index < -0.39 is 5.91 Å². The number of ether oxygens (including phenoxy) is 1. The molecule has 9 heteroatoms. The highest BCUT2D eigenvalue weighted by Gasteiger charge is 2.17. The van der Waals surface area contributed by atoms with Crippen LogP contribution in [0.3, 0.4) is 0 Å². The SMILES string of the molecule is COc1cc(-c2cc(C(N)=O)c(N[C@@H](C)c3ccc(F)cc3)nn2)ccc1-n1cnc(C)c1. The minimum atomic E-state index is -0.641. The number of hydrogen-bond donors (Lipinski definition) is 2. The molecule has 0 aliphatic carbocycles. The fourth-order valence-corrected chi connectivity index (χ4v) is 3.47. The number of carbonyl (C=O) groups is 1. The third-order valence-electron chi connectivity index (χ3n) is 5.25. The van der Waals surface area contributed by atoms with Crippen molar-refractivity contribution in [3.8, 4) is 22.7 Å². The van der Waals surface area contributed by atoms with Crippen molar-refractivity contribution in [1.82, 2.24) is 19.7 Å². The minimum Gasteiger partial charge on any atom is -0.495 e. The van der Waals surface area contributed by atoms with E-state index >= 15 is 0 Å². The van der Waals surface area contributed by atoms with Gasteiger partial charge in [0.15, 0.2) is 5.82 Å². The van der Waals surface area contributed by atoms with Crippen LogP contribution in [0.5, 0.6) is 5.75 Å². The number of carbonyl (C=O) groups excluding carboxylic acids is 1. The van der Waals surface area contributed by atoms with E-state index in [0.29, 0.717) is 17.0 Å². The highest BCUT2D eigenvalue weighted by Crippen LogP contribution is 2.30. The second kappa shape index (κ2) is 9.07. The smallest absolute Gasteiger partial charge is 0.252 e. The van der Waals surface area contributed by atoms with E-state index in [9.17, 15) is 9.18 Å². The molecule has 0 saturated carbocycles. The molecule has 0 radical (unpaired) electrons. The van der Waals surface area contributed by atoms with Gasteiger partial charge in [-0.2, -0.15) is 0 Å². The molecule has 0 bridgehead atoms. The highest BCUT2D eigenvalue weighted by molar-refractivity contribution is 5.98. The molecule has 0 unspecified atom stereocenters. The Balaban J connectivity index is 1.66. The molecule has 8 nitrogen and oxygen atoms in total. The summed E-state index contributed by atoms with van der Waals surface area (Å²) in [7, 11) is 1.58. The summed E-state index contributed by atoms with van der Waals surface area (Å²) >= 11 is 0. The molecule has 2 heterocycles.